The van der Waals surface area contributed by atoms with E-state index in [1.165, 1.54) is 0 Å². The molecule has 0 unspecified atom stereocenters. The zero-order valence-electron chi connectivity index (χ0n) is 7.72. The maximum Gasteiger partial charge on any atom is 0.434 e. The van der Waals surface area contributed by atoms with Gasteiger partial charge in [-0.15, -0.1) is 0 Å². The summed E-state index contributed by atoms with van der Waals surface area (Å²) in [4.78, 5) is 6.68. The highest BCUT2D eigenvalue weighted by Gasteiger charge is 2.35. The number of nitrogens with zero attached hydrogens (tertiary/aromatic N) is 2. The number of hydrogen-bond donors (Lipinski definition) is 1. The number of rotatable bonds is 0. The summed E-state index contributed by atoms with van der Waals surface area (Å²) < 4.78 is 50.5. The van der Waals surface area contributed by atoms with Gasteiger partial charge in [0, 0.05) is 5.39 Å². The fraction of sp³-hybridized carbons (Fsp3) is 0.111. The molecule has 1 aromatic heterocycles. The van der Waals surface area contributed by atoms with Crippen LogP contribution in [0.3, 0.4) is 0 Å². The lowest BCUT2D eigenvalue weighted by Gasteiger charge is -2.09. The maximum absolute atomic E-state index is 12.9. The van der Waals surface area contributed by atoms with Crippen molar-refractivity contribution < 1.29 is 17.6 Å². The third-order valence-electron chi connectivity index (χ3n) is 1.94. The SMILES string of the molecule is Nc1nc(C(F)(F)F)c2cc(F)ccc2n1. The van der Waals surface area contributed by atoms with Crippen LogP contribution in [0.15, 0.2) is 18.2 Å². The molecule has 0 spiro atoms. The predicted molar refractivity (Wildman–Crippen MR) is 48.9 cm³/mol. The molecule has 2 aromatic rings. The van der Waals surface area contributed by atoms with E-state index >= 15 is 0 Å². The highest BCUT2D eigenvalue weighted by molar-refractivity contribution is 5.82. The highest BCUT2D eigenvalue weighted by atomic mass is 19.4. The van der Waals surface area contributed by atoms with Gasteiger partial charge in [0.25, 0.3) is 0 Å². The molecule has 16 heavy (non-hydrogen) atoms. The zero-order valence-corrected chi connectivity index (χ0v) is 7.72. The normalized spacial score (nSPS) is 12.0. The van der Waals surface area contributed by atoms with Gasteiger partial charge in [-0.1, -0.05) is 0 Å². The zero-order chi connectivity index (χ0) is 11.9. The number of aromatic nitrogens is 2. The molecule has 0 saturated heterocycles. The number of halogens is 4. The Kier molecular flexibility index (Phi) is 2.18. The lowest BCUT2D eigenvalue weighted by Crippen LogP contribution is -2.11. The molecule has 3 nitrogen and oxygen atoms in total. The highest BCUT2D eigenvalue weighted by Crippen LogP contribution is 2.33. The maximum atomic E-state index is 12.9. The molecule has 0 fully saturated rings. The van der Waals surface area contributed by atoms with Crippen molar-refractivity contribution in [2.24, 2.45) is 0 Å². The molecule has 0 saturated carbocycles. The number of alkyl halides is 3. The lowest BCUT2D eigenvalue weighted by atomic mass is 10.2. The molecule has 0 bridgehead atoms. The molecule has 0 amide bonds. The summed E-state index contributed by atoms with van der Waals surface area (Å²) in [6.07, 6.45) is -4.69. The van der Waals surface area contributed by atoms with E-state index in [0.29, 0.717) is 0 Å². The van der Waals surface area contributed by atoms with Gasteiger partial charge < -0.3 is 5.73 Å². The van der Waals surface area contributed by atoms with Gasteiger partial charge in [-0.05, 0) is 18.2 Å². The Hall–Kier alpha value is -1.92. The van der Waals surface area contributed by atoms with Crippen molar-refractivity contribution in [3.05, 3.63) is 29.7 Å². The average Bonchev–Trinajstić information content (AvgIpc) is 2.16. The van der Waals surface area contributed by atoms with E-state index in [1.807, 2.05) is 0 Å². The summed E-state index contributed by atoms with van der Waals surface area (Å²) in [5.74, 6) is -1.28. The van der Waals surface area contributed by atoms with Crippen molar-refractivity contribution in [2.45, 2.75) is 6.18 Å². The Morgan fingerprint density at radius 2 is 1.81 bits per heavy atom. The smallest absolute Gasteiger partial charge is 0.368 e. The average molecular weight is 231 g/mol. The molecular formula is C9H5F4N3. The summed E-state index contributed by atoms with van der Waals surface area (Å²) in [5.41, 5.74) is 3.88. The van der Waals surface area contributed by atoms with Gasteiger partial charge in [0.15, 0.2) is 5.69 Å². The van der Waals surface area contributed by atoms with Crippen molar-refractivity contribution in [1.29, 1.82) is 0 Å². The summed E-state index contributed by atoms with van der Waals surface area (Å²) in [6, 6.07) is 2.87. The quantitative estimate of drug-likeness (QED) is 0.708. The third kappa shape index (κ3) is 1.75. The molecule has 2 N–H and O–H groups in total. The first-order valence-electron chi connectivity index (χ1n) is 4.18. The summed E-state index contributed by atoms with van der Waals surface area (Å²) in [7, 11) is 0. The van der Waals surface area contributed by atoms with Crippen molar-refractivity contribution >= 4 is 16.9 Å². The molecule has 0 atom stereocenters. The van der Waals surface area contributed by atoms with Crippen LogP contribution in [0.5, 0.6) is 0 Å². The predicted octanol–water partition coefficient (Wildman–Crippen LogP) is 2.37. The second kappa shape index (κ2) is 3.29. The van der Waals surface area contributed by atoms with Crippen LogP contribution in [0.25, 0.3) is 10.9 Å². The Bertz CT molecular complexity index is 550. The number of benzene rings is 1. The Labute approximate surface area is 86.9 Å². The van der Waals surface area contributed by atoms with E-state index in [4.69, 9.17) is 5.73 Å². The minimum absolute atomic E-state index is 0.0405. The van der Waals surface area contributed by atoms with Crippen LogP contribution in [0.2, 0.25) is 0 Å². The fourth-order valence-corrected chi connectivity index (χ4v) is 1.33. The van der Waals surface area contributed by atoms with E-state index in [2.05, 4.69) is 9.97 Å². The van der Waals surface area contributed by atoms with Crippen LogP contribution in [0, 0.1) is 5.82 Å². The molecule has 0 radical (unpaired) electrons. The topological polar surface area (TPSA) is 51.8 Å². The first kappa shape index (κ1) is 10.6. The molecule has 1 heterocycles. The number of hydrogen-bond acceptors (Lipinski definition) is 3. The summed E-state index contributed by atoms with van der Waals surface area (Å²) in [6.45, 7) is 0. The Morgan fingerprint density at radius 1 is 1.12 bits per heavy atom. The standard InChI is InChI=1S/C9H5F4N3/c10-4-1-2-6-5(3-4)7(9(11,12)13)16-8(14)15-6/h1-3H,(H2,14,15,16). The van der Waals surface area contributed by atoms with Gasteiger partial charge in [0.05, 0.1) is 5.52 Å². The minimum Gasteiger partial charge on any atom is -0.368 e. The molecular weight excluding hydrogens is 226 g/mol. The molecule has 2 rings (SSSR count). The molecule has 7 heteroatoms. The second-order valence-electron chi connectivity index (χ2n) is 3.09. The number of nitrogens with two attached hydrogens (primary N) is 1. The van der Waals surface area contributed by atoms with Crippen molar-refractivity contribution in [3.8, 4) is 0 Å². The van der Waals surface area contributed by atoms with Gasteiger partial charge in [0.2, 0.25) is 5.95 Å². The van der Waals surface area contributed by atoms with Crippen LogP contribution >= 0.6 is 0 Å². The second-order valence-corrected chi connectivity index (χ2v) is 3.09. The monoisotopic (exact) mass is 231 g/mol. The van der Waals surface area contributed by atoms with Crippen molar-refractivity contribution in [2.75, 3.05) is 5.73 Å². The number of anilines is 1. The number of fused-ring (bicyclic) bond motifs is 1. The lowest BCUT2D eigenvalue weighted by molar-refractivity contribution is -0.139. The molecule has 0 aliphatic heterocycles. The van der Waals surface area contributed by atoms with Gasteiger partial charge in [0.1, 0.15) is 5.82 Å². The fourth-order valence-electron chi connectivity index (χ4n) is 1.33. The molecule has 1 aromatic carbocycles. The number of nitrogen functional groups attached to an aromatic ring is 1. The van der Waals surface area contributed by atoms with E-state index in [9.17, 15) is 17.6 Å². The van der Waals surface area contributed by atoms with Crippen molar-refractivity contribution in [1.82, 2.24) is 9.97 Å². The van der Waals surface area contributed by atoms with E-state index in [1.54, 1.807) is 0 Å². The van der Waals surface area contributed by atoms with Crippen LogP contribution in [0.1, 0.15) is 5.69 Å². The summed E-state index contributed by atoms with van der Waals surface area (Å²) in [5, 5.41) is -0.401. The van der Waals surface area contributed by atoms with Crippen LogP contribution in [-0.2, 0) is 6.18 Å². The van der Waals surface area contributed by atoms with Gasteiger partial charge >= 0.3 is 6.18 Å². The van der Waals surface area contributed by atoms with Gasteiger partial charge in [-0.25, -0.2) is 14.4 Å². The third-order valence-corrected chi connectivity index (χ3v) is 1.94. The summed E-state index contributed by atoms with van der Waals surface area (Å²) >= 11 is 0. The van der Waals surface area contributed by atoms with Crippen LogP contribution in [-0.4, -0.2) is 9.97 Å². The van der Waals surface area contributed by atoms with E-state index in [-0.39, 0.29) is 5.52 Å². The van der Waals surface area contributed by atoms with Crippen LogP contribution < -0.4 is 5.73 Å². The Morgan fingerprint density at radius 3 is 2.44 bits per heavy atom. The van der Waals surface area contributed by atoms with Gasteiger partial charge in [-0.2, -0.15) is 13.2 Å². The van der Waals surface area contributed by atoms with E-state index < -0.39 is 29.0 Å². The largest absolute Gasteiger partial charge is 0.434 e. The molecule has 84 valence electrons. The minimum atomic E-state index is -4.69. The Balaban J connectivity index is 2.85. The molecule has 0 aliphatic carbocycles. The van der Waals surface area contributed by atoms with Crippen molar-refractivity contribution in [3.63, 3.8) is 0 Å². The van der Waals surface area contributed by atoms with Gasteiger partial charge in [-0.3, -0.25) is 0 Å². The molecule has 0 aliphatic rings. The first-order valence-corrected chi connectivity index (χ1v) is 4.18. The van der Waals surface area contributed by atoms with Crippen LogP contribution in [0.4, 0.5) is 23.5 Å². The van der Waals surface area contributed by atoms with E-state index in [0.717, 1.165) is 18.2 Å². The first-order chi connectivity index (χ1) is 7.38.